The molecule has 458 valence electrons. The van der Waals surface area contributed by atoms with Gasteiger partial charge in [0.25, 0.3) is 7.82 Å². The lowest BCUT2D eigenvalue weighted by Crippen LogP contribution is -2.37. The van der Waals surface area contributed by atoms with Gasteiger partial charge >= 0.3 is 11.9 Å². The molecule has 0 aromatic rings. The molecule has 0 rings (SSSR count). The number of ether oxygens (including phenoxy) is 2. The van der Waals surface area contributed by atoms with E-state index in [2.05, 4.69) is 26.0 Å². The van der Waals surface area contributed by atoms with Crippen LogP contribution in [0.3, 0.4) is 0 Å². The van der Waals surface area contributed by atoms with Gasteiger partial charge < -0.3 is 27.9 Å². The van der Waals surface area contributed by atoms with Crippen molar-refractivity contribution in [2.45, 2.75) is 360 Å². The number of phosphoric acid groups is 1. The van der Waals surface area contributed by atoms with E-state index in [1.165, 1.54) is 270 Å². The number of hydrogen-bond donors (Lipinski definition) is 0. The summed E-state index contributed by atoms with van der Waals surface area (Å²) in [5.74, 6) is -0.826. The van der Waals surface area contributed by atoms with Crippen LogP contribution in [0, 0.1) is 0 Å². The monoisotopic (exact) mass is 1110 g/mol. The van der Waals surface area contributed by atoms with Gasteiger partial charge in [0.05, 0.1) is 27.7 Å². The summed E-state index contributed by atoms with van der Waals surface area (Å²) in [4.78, 5) is 37.8. The first-order valence-corrected chi connectivity index (χ1v) is 35.4. The first kappa shape index (κ1) is 75.8. The Hall–Kier alpha value is -1.25. The maximum atomic E-state index is 12.7. The number of nitrogens with zero attached hydrogens (tertiary/aromatic N) is 1. The molecular formula is C67H132NO8P. The fourth-order valence-electron chi connectivity index (χ4n) is 10.3. The quantitative estimate of drug-likeness (QED) is 0.0195. The van der Waals surface area contributed by atoms with Crippen molar-refractivity contribution < 1.29 is 42.1 Å². The molecule has 0 aliphatic rings. The highest BCUT2D eigenvalue weighted by molar-refractivity contribution is 7.45. The van der Waals surface area contributed by atoms with Gasteiger partial charge in [-0.3, -0.25) is 14.2 Å². The van der Waals surface area contributed by atoms with E-state index in [-0.39, 0.29) is 32.0 Å². The van der Waals surface area contributed by atoms with Gasteiger partial charge in [-0.05, 0) is 38.5 Å². The van der Waals surface area contributed by atoms with E-state index in [0.717, 1.165) is 51.4 Å². The van der Waals surface area contributed by atoms with Gasteiger partial charge in [0.1, 0.15) is 19.8 Å². The van der Waals surface area contributed by atoms with Crippen molar-refractivity contribution in [3.8, 4) is 0 Å². The van der Waals surface area contributed by atoms with E-state index in [4.69, 9.17) is 18.5 Å². The average molecular weight is 1110 g/mol. The molecule has 0 radical (unpaired) electrons. The summed E-state index contributed by atoms with van der Waals surface area (Å²) in [6.45, 7) is 4.27. The van der Waals surface area contributed by atoms with Crippen LogP contribution >= 0.6 is 7.82 Å². The summed E-state index contributed by atoms with van der Waals surface area (Å²) in [7, 11) is 1.18. The number of phosphoric ester groups is 1. The minimum atomic E-state index is -4.63. The topological polar surface area (TPSA) is 111 Å². The Bertz CT molecular complexity index is 1300. The third kappa shape index (κ3) is 63.8. The number of esters is 2. The van der Waals surface area contributed by atoms with E-state index in [0.29, 0.717) is 17.4 Å². The van der Waals surface area contributed by atoms with Crippen LogP contribution in [0.15, 0.2) is 12.2 Å². The predicted molar refractivity (Wildman–Crippen MR) is 328 cm³/mol. The van der Waals surface area contributed by atoms with Crippen molar-refractivity contribution in [2.24, 2.45) is 0 Å². The number of hydrogen-bond acceptors (Lipinski definition) is 8. The Kier molecular flexibility index (Phi) is 58.4. The van der Waals surface area contributed by atoms with Gasteiger partial charge in [-0.2, -0.15) is 0 Å². The van der Waals surface area contributed by atoms with Crippen LogP contribution in [-0.2, 0) is 32.7 Å². The molecule has 2 atom stereocenters. The summed E-state index contributed by atoms with van der Waals surface area (Å²) in [5, 5.41) is 0. The van der Waals surface area contributed by atoms with Gasteiger partial charge in [-0.1, -0.05) is 315 Å². The highest BCUT2D eigenvalue weighted by atomic mass is 31.2. The first-order valence-electron chi connectivity index (χ1n) is 33.9. The lowest BCUT2D eigenvalue weighted by atomic mass is 10.0. The molecule has 0 aromatic carbocycles. The zero-order valence-electron chi connectivity index (χ0n) is 52.2. The number of likely N-dealkylation sites (N-methyl/N-ethyl adjacent to an activating group) is 1. The Morgan fingerprint density at radius 2 is 0.662 bits per heavy atom. The van der Waals surface area contributed by atoms with E-state index in [1.807, 2.05) is 21.1 Å². The number of rotatable bonds is 64. The summed E-state index contributed by atoms with van der Waals surface area (Å²) in [5.41, 5.74) is 0. The van der Waals surface area contributed by atoms with Gasteiger partial charge in [0, 0.05) is 12.8 Å². The van der Waals surface area contributed by atoms with Crippen molar-refractivity contribution in [1.29, 1.82) is 0 Å². The smallest absolute Gasteiger partial charge is 0.306 e. The summed E-state index contributed by atoms with van der Waals surface area (Å²) in [6.07, 6.45) is 71.9. The third-order valence-electron chi connectivity index (χ3n) is 15.5. The second-order valence-electron chi connectivity index (χ2n) is 24.6. The maximum absolute atomic E-state index is 12.7. The third-order valence-corrected chi connectivity index (χ3v) is 16.5. The number of unbranched alkanes of at least 4 members (excludes halogenated alkanes) is 48. The summed E-state index contributed by atoms with van der Waals surface area (Å²) in [6, 6.07) is 0. The molecule has 0 fully saturated rings. The van der Waals surface area contributed by atoms with E-state index in [1.54, 1.807) is 0 Å². The molecule has 0 heterocycles. The van der Waals surface area contributed by atoms with Gasteiger partial charge in [0.15, 0.2) is 6.10 Å². The fourth-order valence-corrected chi connectivity index (χ4v) is 11.0. The first-order chi connectivity index (χ1) is 37.5. The Labute approximate surface area is 479 Å². The second kappa shape index (κ2) is 59.4. The van der Waals surface area contributed by atoms with Crippen LogP contribution in [0.1, 0.15) is 354 Å². The molecule has 0 saturated heterocycles. The predicted octanol–water partition coefficient (Wildman–Crippen LogP) is 20.9. The second-order valence-corrected chi connectivity index (χ2v) is 26.0. The fraction of sp³-hybridized carbons (Fsp3) is 0.940. The van der Waals surface area contributed by atoms with Crippen LogP contribution in [0.25, 0.3) is 0 Å². The average Bonchev–Trinajstić information content (AvgIpc) is 3.39. The minimum absolute atomic E-state index is 0.0289. The lowest BCUT2D eigenvalue weighted by Gasteiger charge is -2.28. The van der Waals surface area contributed by atoms with Crippen LogP contribution in [0.4, 0.5) is 0 Å². The maximum Gasteiger partial charge on any atom is 0.306 e. The van der Waals surface area contributed by atoms with E-state index < -0.39 is 26.5 Å². The van der Waals surface area contributed by atoms with E-state index in [9.17, 15) is 19.0 Å². The van der Waals surface area contributed by atoms with Crippen molar-refractivity contribution >= 4 is 19.8 Å². The van der Waals surface area contributed by atoms with Crippen molar-refractivity contribution in [2.75, 3.05) is 47.5 Å². The molecule has 77 heavy (non-hydrogen) atoms. The molecule has 10 heteroatoms. The Balaban J connectivity index is 3.78. The highest BCUT2D eigenvalue weighted by Gasteiger charge is 2.22. The molecule has 0 aliphatic carbocycles. The zero-order valence-corrected chi connectivity index (χ0v) is 53.1. The zero-order chi connectivity index (χ0) is 56.3. The molecule has 0 spiro atoms. The van der Waals surface area contributed by atoms with Crippen molar-refractivity contribution in [3.05, 3.63) is 12.2 Å². The molecule has 0 saturated carbocycles. The normalized spacial score (nSPS) is 13.2. The van der Waals surface area contributed by atoms with Crippen LogP contribution in [-0.4, -0.2) is 70.0 Å². The lowest BCUT2D eigenvalue weighted by molar-refractivity contribution is -0.870. The SMILES string of the molecule is CCCCCC/C=C\CCCCCCCC(=O)OC(COC(=O)CCCCCCCCCCCCCCCCCCCCCCCCCCCCCCCCCCCCCCCCCC)COP(=O)([O-])OCC[N+](C)(C)C. The molecule has 9 nitrogen and oxygen atoms in total. The van der Waals surface area contributed by atoms with Gasteiger partial charge in [-0.25, -0.2) is 0 Å². The molecule has 2 unspecified atom stereocenters. The molecule has 0 amide bonds. The summed E-state index contributed by atoms with van der Waals surface area (Å²) >= 11 is 0. The standard InChI is InChI=1S/C67H132NO8P/c1-6-8-10-12-14-16-18-20-21-22-23-24-25-26-27-28-29-30-31-32-33-34-35-36-37-38-39-40-41-42-43-44-45-46-48-49-51-53-55-57-59-66(69)73-63-65(64-75-77(71,72)74-62-61-68(3,4)5)76-67(70)60-58-56-54-52-50-47-19-17-15-13-11-9-7-2/h17,19,65H,6-16,18,20-64H2,1-5H3/b19-17-. The number of carbonyl (C=O) groups excluding carboxylic acids is 2. The number of carbonyl (C=O) groups is 2. The molecule has 0 aliphatic heterocycles. The van der Waals surface area contributed by atoms with E-state index >= 15 is 0 Å². The summed E-state index contributed by atoms with van der Waals surface area (Å²) < 4.78 is 34.1. The molecule has 0 N–H and O–H groups in total. The number of allylic oxidation sites excluding steroid dienone is 2. The molecule has 0 bridgehead atoms. The van der Waals surface area contributed by atoms with Crippen LogP contribution < -0.4 is 4.89 Å². The molecular weight excluding hydrogens is 978 g/mol. The number of quaternary nitrogens is 1. The Morgan fingerprint density at radius 3 is 0.974 bits per heavy atom. The van der Waals surface area contributed by atoms with Crippen LogP contribution in [0.5, 0.6) is 0 Å². The minimum Gasteiger partial charge on any atom is -0.756 e. The Morgan fingerprint density at radius 1 is 0.390 bits per heavy atom. The van der Waals surface area contributed by atoms with Crippen LogP contribution in [0.2, 0.25) is 0 Å². The highest BCUT2D eigenvalue weighted by Crippen LogP contribution is 2.38. The van der Waals surface area contributed by atoms with Crippen molar-refractivity contribution in [1.82, 2.24) is 0 Å². The van der Waals surface area contributed by atoms with Crippen molar-refractivity contribution in [3.63, 3.8) is 0 Å². The van der Waals surface area contributed by atoms with Gasteiger partial charge in [-0.15, -0.1) is 0 Å². The largest absolute Gasteiger partial charge is 0.756 e. The van der Waals surface area contributed by atoms with Gasteiger partial charge in [0.2, 0.25) is 0 Å². The molecule has 0 aromatic heterocycles.